The molecule has 2 N–H and O–H groups in total. The molecule has 1 atom stereocenters. The highest BCUT2D eigenvalue weighted by molar-refractivity contribution is 7.98. The average Bonchev–Trinajstić information content (AvgIpc) is 2.44. The fourth-order valence-electron chi connectivity index (χ4n) is 1.58. The number of carbonyl (C=O) groups is 2. The van der Waals surface area contributed by atoms with Crippen LogP contribution >= 0.6 is 23.4 Å². The summed E-state index contributed by atoms with van der Waals surface area (Å²) in [5, 5.41) is 12.1. The minimum atomic E-state index is -1.04. The van der Waals surface area contributed by atoms with E-state index >= 15 is 0 Å². The molecule has 21 heavy (non-hydrogen) atoms. The fraction of sp³-hybridized carbons (Fsp3) is 0.429. The molecular weight excluding hydrogens is 314 g/mol. The van der Waals surface area contributed by atoms with Crippen molar-refractivity contribution >= 4 is 35.2 Å². The Kier molecular flexibility index (Phi) is 7.39. The summed E-state index contributed by atoms with van der Waals surface area (Å²) in [6, 6.07) is 4.17. The van der Waals surface area contributed by atoms with Crippen LogP contribution in [0.2, 0.25) is 5.02 Å². The Balaban J connectivity index is 2.48. The number of benzene rings is 1. The van der Waals surface area contributed by atoms with Crippen LogP contribution in [0, 0.1) is 6.92 Å². The molecule has 116 valence electrons. The zero-order chi connectivity index (χ0) is 15.8. The van der Waals surface area contributed by atoms with Crippen molar-refractivity contribution in [2.75, 3.05) is 18.6 Å². The molecule has 0 saturated heterocycles. The van der Waals surface area contributed by atoms with Gasteiger partial charge in [-0.05, 0) is 49.1 Å². The monoisotopic (exact) mass is 331 g/mol. The molecule has 0 heterocycles. The van der Waals surface area contributed by atoms with Crippen LogP contribution in [0.15, 0.2) is 18.2 Å². The molecule has 5 nitrogen and oxygen atoms in total. The van der Waals surface area contributed by atoms with E-state index in [0.29, 0.717) is 22.9 Å². The van der Waals surface area contributed by atoms with Gasteiger partial charge in [-0.2, -0.15) is 11.8 Å². The van der Waals surface area contributed by atoms with Crippen molar-refractivity contribution in [3.8, 4) is 5.75 Å². The summed E-state index contributed by atoms with van der Waals surface area (Å²) in [7, 11) is 0. The van der Waals surface area contributed by atoms with Gasteiger partial charge in [-0.25, -0.2) is 4.79 Å². The molecule has 0 bridgehead atoms. The maximum atomic E-state index is 11.7. The van der Waals surface area contributed by atoms with Gasteiger partial charge in [0.15, 0.2) is 6.61 Å². The Labute approximate surface area is 133 Å². The molecule has 1 amide bonds. The number of aryl methyl sites for hydroxylation is 1. The smallest absolute Gasteiger partial charge is 0.326 e. The Morgan fingerprint density at radius 3 is 2.76 bits per heavy atom. The Morgan fingerprint density at radius 1 is 1.48 bits per heavy atom. The first kappa shape index (κ1) is 17.7. The van der Waals surface area contributed by atoms with Crippen molar-refractivity contribution in [3.05, 3.63) is 28.8 Å². The van der Waals surface area contributed by atoms with Crippen LogP contribution in [-0.4, -0.2) is 41.6 Å². The molecule has 0 aromatic heterocycles. The predicted molar refractivity (Wildman–Crippen MR) is 84.2 cm³/mol. The van der Waals surface area contributed by atoms with E-state index in [0.717, 1.165) is 5.56 Å². The van der Waals surface area contributed by atoms with Gasteiger partial charge in [0.2, 0.25) is 0 Å². The summed E-state index contributed by atoms with van der Waals surface area (Å²) in [5.74, 6) is -0.326. The molecule has 0 aliphatic rings. The molecule has 1 unspecified atom stereocenters. The van der Waals surface area contributed by atoms with E-state index in [1.165, 1.54) is 11.8 Å². The number of aliphatic carboxylic acids is 1. The second-order valence-corrected chi connectivity index (χ2v) is 5.83. The third-order valence-corrected chi connectivity index (χ3v) is 3.81. The van der Waals surface area contributed by atoms with Gasteiger partial charge >= 0.3 is 5.97 Å². The van der Waals surface area contributed by atoms with E-state index in [2.05, 4.69) is 5.32 Å². The van der Waals surface area contributed by atoms with E-state index < -0.39 is 17.9 Å². The second-order valence-electron chi connectivity index (χ2n) is 4.44. The summed E-state index contributed by atoms with van der Waals surface area (Å²) in [5.41, 5.74) is 0.845. The Hall–Kier alpha value is -1.40. The van der Waals surface area contributed by atoms with Gasteiger partial charge in [0.1, 0.15) is 11.8 Å². The molecule has 1 aromatic rings. The fourth-order valence-corrected chi connectivity index (χ4v) is 2.17. The van der Waals surface area contributed by atoms with Crippen LogP contribution < -0.4 is 10.1 Å². The summed E-state index contributed by atoms with van der Waals surface area (Å²) in [6.07, 6.45) is 2.26. The van der Waals surface area contributed by atoms with E-state index in [4.69, 9.17) is 21.4 Å². The molecule has 0 radical (unpaired) electrons. The summed E-state index contributed by atoms with van der Waals surface area (Å²) < 4.78 is 5.32. The van der Waals surface area contributed by atoms with Gasteiger partial charge in [-0.1, -0.05) is 11.6 Å². The quantitative estimate of drug-likeness (QED) is 0.764. The maximum absolute atomic E-state index is 11.7. The zero-order valence-electron chi connectivity index (χ0n) is 11.9. The van der Waals surface area contributed by atoms with Gasteiger partial charge in [-0.3, -0.25) is 4.79 Å². The SMILES string of the molecule is CSCCC(NC(=O)COc1ccc(Cl)c(C)c1)C(=O)O. The van der Waals surface area contributed by atoms with Crippen LogP contribution in [0.1, 0.15) is 12.0 Å². The third-order valence-electron chi connectivity index (χ3n) is 2.74. The van der Waals surface area contributed by atoms with E-state index in [-0.39, 0.29) is 6.61 Å². The minimum absolute atomic E-state index is 0.232. The molecule has 0 saturated carbocycles. The van der Waals surface area contributed by atoms with Crippen molar-refractivity contribution in [2.45, 2.75) is 19.4 Å². The van der Waals surface area contributed by atoms with Gasteiger partial charge in [0.25, 0.3) is 5.91 Å². The normalized spacial score (nSPS) is 11.8. The highest BCUT2D eigenvalue weighted by Crippen LogP contribution is 2.20. The highest BCUT2D eigenvalue weighted by atomic mass is 35.5. The number of nitrogens with one attached hydrogen (secondary N) is 1. The van der Waals surface area contributed by atoms with Crippen LogP contribution in [0.3, 0.4) is 0 Å². The lowest BCUT2D eigenvalue weighted by atomic mass is 10.2. The molecule has 0 spiro atoms. The lowest BCUT2D eigenvalue weighted by Gasteiger charge is -2.14. The van der Waals surface area contributed by atoms with E-state index in [1.54, 1.807) is 18.2 Å². The van der Waals surface area contributed by atoms with Crippen molar-refractivity contribution in [2.24, 2.45) is 0 Å². The van der Waals surface area contributed by atoms with Gasteiger partial charge in [-0.15, -0.1) is 0 Å². The summed E-state index contributed by atoms with van der Waals surface area (Å²) in [6.45, 7) is 1.60. The molecule has 0 aliphatic carbocycles. The largest absolute Gasteiger partial charge is 0.484 e. The average molecular weight is 332 g/mol. The first-order valence-electron chi connectivity index (χ1n) is 6.34. The lowest BCUT2D eigenvalue weighted by Crippen LogP contribution is -2.43. The first-order valence-corrected chi connectivity index (χ1v) is 8.11. The van der Waals surface area contributed by atoms with Crippen LogP contribution in [0.5, 0.6) is 5.75 Å². The molecule has 1 aromatic carbocycles. The summed E-state index contributed by atoms with van der Waals surface area (Å²) in [4.78, 5) is 22.7. The van der Waals surface area contributed by atoms with Gasteiger partial charge in [0, 0.05) is 5.02 Å². The minimum Gasteiger partial charge on any atom is -0.484 e. The number of thioether (sulfide) groups is 1. The molecule has 7 heteroatoms. The standard InChI is InChI=1S/C14H18ClNO4S/c1-9-7-10(3-4-11(9)15)20-8-13(17)16-12(14(18)19)5-6-21-2/h3-4,7,12H,5-6,8H2,1-2H3,(H,16,17)(H,18,19). The molecule has 0 aliphatic heterocycles. The van der Waals surface area contributed by atoms with Gasteiger partial charge in [0.05, 0.1) is 0 Å². The second kappa shape index (κ2) is 8.79. The van der Waals surface area contributed by atoms with Crippen molar-refractivity contribution < 1.29 is 19.4 Å². The molecule has 1 rings (SSSR count). The van der Waals surface area contributed by atoms with Crippen molar-refractivity contribution in [3.63, 3.8) is 0 Å². The number of carboxylic acid groups (broad SMARTS) is 1. The molecule has 0 fully saturated rings. The van der Waals surface area contributed by atoms with E-state index in [9.17, 15) is 9.59 Å². The topological polar surface area (TPSA) is 75.6 Å². The Bertz CT molecular complexity index is 510. The number of rotatable bonds is 8. The summed E-state index contributed by atoms with van der Waals surface area (Å²) >= 11 is 7.42. The number of hydrogen-bond donors (Lipinski definition) is 2. The maximum Gasteiger partial charge on any atom is 0.326 e. The number of halogens is 1. The predicted octanol–water partition coefficient (Wildman–Crippen LogP) is 2.35. The Morgan fingerprint density at radius 2 is 2.19 bits per heavy atom. The number of carboxylic acids is 1. The van der Waals surface area contributed by atoms with Crippen LogP contribution in [0.25, 0.3) is 0 Å². The number of amides is 1. The van der Waals surface area contributed by atoms with Crippen LogP contribution in [-0.2, 0) is 9.59 Å². The van der Waals surface area contributed by atoms with Crippen molar-refractivity contribution in [1.82, 2.24) is 5.32 Å². The van der Waals surface area contributed by atoms with Crippen molar-refractivity contribution in [1.29, 1.82) is 0 Å². The highest BCUT2D eigenvalue weighted by Gasteiger charge is 2.19. The number of ether oxygens (including phenoxy) is 1. The zero-order valence-corrected chi connectivity index (χ0v) is 13.5. The number of carbonyl (C=O) groups excluding carboxylic acids is 1. The first-order chi connectivity index (χ1) is 9.93. The third kappa shape index (κ3) is 6.27. The lowest BCUT2D eigenvalue weighted by molar-refractivity contribution is -0.142. The van der Waals surface area contributed by atoms with Gasteiger partial charge < -0.3 is 15.2 Å². The molecular formula is C14H18ClNO4S. The number of hydrogen-bond acceptors (Lipinski definition) is 4. The van der Waals surface area contributed by atoms with E-state index in [1.807, 2.05) is 13.2 Å². The van der Waals surface area contributed by atoms with Crippen LogP contribution in [0.4, 0.5) is 0 Å².